The molecule has 19 heavy (non-hydrogen) atoms. The summed E-state index contributed by atoms with van der Waals surface area (Å²) >= 11 is 0. The van der Waals surface area contributed by atoms with Gasteiger partial charge in [-0.25, -0.2) is 4.98 Å². The summed E-state index contributed by atoms with van der Waals surface area (Å²) in [6, 6.07) is 2.99. The van der Waals surface area contributed by atoms with E-state index in [4.69, 9.17) is 5.73 Å². The van der Waals surface area contributed by atoms with Gasteiger partial charge >= 0.3 is 0 Å². The number of primary amides is 1. The first-order valence-electron chi connectivity index (χ1n) is 5.89. The van der Waals surface area contributed by atoms with E-state index in [9.17, 15) is 14.4 Å². The van der Waals surface area contributed by atoms with E-state index >= 15 is 0 Å². The first kappa shape index (κ1) is 13.0. The third kappa shape index (κ3) is 3.27. The Kier molecular flexibility index (Phi) is 3.74. The molecule has 2 heterocycles. The van der Waals surface area contributed by atoms with Crippen molar-refractivity contribution in [2.24, 2.45) is 11.7 Å². The van der Waals surface area contributed by atoms with Crippen LogP contribution < -0.4 is 16.4 Å². The van der Waals surface area contributed by atoms with Crippen LogP contribution in [0.5, 0.6) is 0 Å². The summed E-state index contributed by atoms with van der Waals surface area (Å²) in [7, 11) is 0. The number of rotatable bonds is 3. The zero-order valence-corrected chi connectivity index (χ0v) is 10.2. The van der Waals surface area contributed by atoms with Crippen molar-refractivity contribution in [2.45, 2.75) is 12.8 Å². The monoisotopic (exact) mass is 262 g/mol. The maximum atomic E-state index is 11.9. The quantitative estimate of drug-likeness (QED) is 0.690. The highest BCUT2D eigenvalue weighted by atomic mass is 16.2. The Hall–Kier alpha value is -2.44. The molecule has 7 heteroatoms. The number of piperidine rings is 1. The van der Waals surface area contributed by atoms with Crippen molar-refractivity contribution in [3.8, 4) is 0 Å². The molecule has 1 saturated heterocycles. The molecule has 1 aromatic rings. The highest BCUT2D eigenvalue weighted by molar-refractivity contribution is 5.96. The van der Waals surface area contributed by atoms with Gasteiger partial charge in [-0.1, -0.05) is 0 Å². The standard InChI is InChI=1S/C12H14N4O3/c13-11(18)9-2-1-8(6-15-9)16-12(19)7-3-4-14-10(17)5-7/h1-2,6-7H,3-5H2,(H2,13,18)(H,14,17)(H,16,19). The summed E-state index contributed by atoms with van der Waals surface area (Å²) in [6.07, 6.45) is 2.17. The minimum atomic E-state index is -0.623. The second kappa shape index (κ2) is 5.47. The van der Waals surface area contributed by atoms with E-state index in [-0.39, 0.29) is 29.8 Å². The molecule has 0 spiro atoms. The van der Waals surface area contributed by atoms with Crippen LogP contribution >= 0.6 is 0 Å². The van der Waals surface area contributed by atoms with Crippen molar-refractivity contribution in [1.29, 1.82) is 0 Å². The number of hydrogen-bond acceptors (Lipinski definition) is 4. The lowest BCUT2D eigenvalue weighted by Gasteiger charge is -2.21. The number of nitrogens with two attached hydrogens (primary N) is 1. The van der Waals surface area contributed by atoms with Crippen molar-refractivity contribution in [2.75, 3.05) is 11.9 Å². The minimum absolute atomic E-state index is 0.117. The van der Waals surface area contributed by atoms with Gasteiger partial charge in [-0.2, -0.15) is 0 Å². The molecule has 3 amide bonds. The number of anilines is 1. The number of hydrogen-bond donors (Lipinski definition) is 3. The van der Waals surface area contributed by atoms with Crippen LogP contribution in [0.3, 0.4) is 0 Å². The zero-order chi connectivity index (χ0) is 13.8. The molecule has 0 radical (unpaired) electrons. The van der Waals surface area contributed by atoms with Crippen LogP contribution in [0.4, 0.5) is 5.69 Å². The first-order valence-corrected chi connectivity index (χ1v) is 5.89. The SMILES string of the molecule is NC(=O)c1ccc(NC(=O)C2CCNC(=O)C2)cn1. The second-order valence-electron chi connectivity index (χ2n) is 4.33. The average molecular weight is 262 g/mol. The third-order valence-electron chi connectivity index (χ3n) is 2.90. The summed E-state index contributed by atoms with van der Waals surface area (Å²) in [6.45, 7) is 0.510. The molecule has 0 saturated carbocycles. The summed E-state index contributed by atoms with van der Waals surface area (Å²) in [5.74, 6) is -1.29. The number of nitrogens with zero attached hydrogens (tertiary/aromatic N) is 1. The number of carbonyl (C=O) groups is 3. The molecule has 1 aliphatic rings. The van der Waals surface area contributed by atoms with Crippen LogP contribution in [0.2, 0.25) is 0 Å². The van der Waals surface area contributed by atoms with E-state index < -0.39 is 5.91 Å². The molecule has 100 valence electrons. The van der Waals surface area contributed by atoms with E-state index in [0.29, 0.717) is 18.7 Å². The smallest absolute Gasteiger partial charge is 0.267 e. The van der Waals surface area contributed by atoms with Crippen LogP contribution in [0.15, 0.2) is 18.3 Å². The molecule has 1 fully saturated rings. The average Bonchev–Trinajstić information content (AvgIpc) is 2.39. The number of pyridine rings is 1. The van der Waals surface area contributed by atoms with Gasteiger partial charge in [0.1, 0.15) is 5.69 Å². The van der Waals surface area contributed by atoms with Gasteiger partial charge in [0.25, 0.3) is 5.91 Å². The topological polar surface area (TPSA) is 114 Å². The predicted octanol–water partition coefficient (Wildman–Crippen LogP) is -0.355. The Morgan fingerprint density at radius 3 is 2.79 bits per heavy atom. The van der Waals surface area contributed by atoms with Gasteiger partial charge in [0.05, 0.1) is 11.9 Å². The third-order valence-corrected chi connectivity index (χ3v) is 2.90. The van der Waals surface area contributed by atoms with E-state index in [1.807, 2.05) is 0 Å². The lowest BCUT2D eigenvalue weighted by Crippen LogP contribution is -2.38. The Bertz CT molecular complexity index is 512. The van der Waals surface area contributed by atoms with Gasteiger partial charge in [-0.05, 0) is 18.6 Å². The molecular weight excluding hydrogens is 248 g/mol. The molecule has 1 aliphatic heterocycles. The van der Waals surface area contributed by atoms with Crippen molar-refractivity contribution >= 4 is 23.4 Å². The van der Waals surface area contributed by atoms with Crippen molar-refractivity contribution in [3.63, 3.8) is 0 Å². The fraction of sp³-hybridized carbons (Fsp3) is 0.333. The maximum Gasteiger partial charge on any atom is 0.267 e. The number of amides is 3. The van der Waals surface area contributed by atoms with Gasteiger partial charge in [-0.3, -0.25) is 14.4 Å². The Labute approximate surface area is 109 Å². The lowest BCUT2D eigenvalue weighted by molar-refractivity contribution is -0.129. The summed E-state index contributed by atoms with van der Waals surface area (Å²) in [5, 5.41) is 5.33. The van der Waals surface area contributed by atoms with Crippen LogP contribution in [0.1, 0.15) is 23.3 Å². The molecule has 2 rings (SSSR count). The van der Waals surface area contributed by atoms with Gasteiger partial charge in [-0.15, -0.1) is 0 Å². The van der Waals surface area contributed by atoms with Crippen LogP contribution in [0, 0.1) is 5.92 Å². The van der Waals surface area contributed by atoms with Gasteiger partial charge < -0.3 is 16.4 Å². The van der Waals surface area contributed by atoms with Crippen LogP contribution in [-0.2, 0) is 9.59 Å². The molecule has 1 atom stereocenters. The zero-order valence-electron chi connectivity index (χ0n) is 10.2. The maximum absolute atomic E-state index is 11.9. The van der Waals surface area contributed by atoms with Crippen LogP contribution in [0.25, 0.3) is 0 Å². The first-order chi connectivity index (χ1) is 9.06. The summed E-state index contributed by atoms with van der Waals surface area (Å²) in [4.78, 5) is 37.8. The van der Waals surface area contributed by atoms with E-state index in [1.165, 1.54) is 12.3 Å². The number of nitrogens with one attached hydrogen (secondary N) is 2. The largest absolute Gasteiger partial charge is 0.364 e. The molecule has 4 N–H and O–H groups in total. The fourth-order valence-electron chi connectivity index (χ4n) is 1.87. The molecule has 1 unspecified atom stereocenters. The molecule has 0 bridgehead atoms. The highest BCUT2D eigenvalue weighted by Crippen LogP contribution is 2.15. The van der Waals surface area contributed by atoms with Crippen molar-refractivity contribution < 1.29 is 14.4 Å². The minimum Gasteiger partial charge on any atom is -0.364 e. The normalized spacial score (nSPS) is 18.5. The lowest BCUT2D eigenvalue weighted by atomic mass is 9.96. The van der Waals surface area contributed by atoms with Crippen molar-refractivity contribution in [3.05, 3.63) is 24.0 Å². The van der Waals surface area contributed by atoms with E-state index in [1.54, 1.807) is 6.07 Å². The molecule has 7 nitrogen and oxygen atoms in total. The Morgan fingerprint density at radius 2 is 2.21 bits per heavy atom. The number of carbonyl (C=O) groups excluding carboxylic acids is 3. The second-order valence-corrected chi connectivity index (χ2v) is 4.33. The summed E-state index contributed by atoms with van der Waals surface area (Å²) < 4.78 is 0. The Morgan fingerprint density at radius 1 is 1.42 bits per heavy atom. The van der Waals surface area contributed by atoms with E-state index in [0.717, 1.165) is 0 Å². The molecule has 1 aromatic heterocycles. The van der Waals surface area contributed by atoms with Crippen molar-refractivity contribution in [1.82, 2.24) is 10.3 Å². The van der Waals surface area contributed by atoms with Gasteiger partial charge in [0.15, 0.2) is 0 Å². The molecule has 0 aliphatic carbocycles. The number of aromatic nitrogens is 1. The highest BCUT2D eigenvalue weighted by Gasteiger charge is 2.25. The fourth-order valence-corrected chi connectivity index (χ4v) is 1.87. The predicted molar refractivity (Wildman–Crippen MR) is 67.1 cm³/mol. The van der Waals surface area contributed by atoms with Gasteiger partial charge in [0, 0.05) is 18.9 Å². The Balaban J connectivity index is 1.98. The molecular formula is C12H14N4O3. The van der Waals surface area contributed by atoms with Crippen LogP contribution in [-0.4, -0.2) is 29.3 Å². The van der Waals surface area contributed by atoms with E-state index in [2.05, 4.69) is 15.6 Å². The summed E-state index contributed by atoms with van der Waals surface area (Å²) in [5.41, 5.74) is 5.67. The van der Waals surface area contributed by atoms with Gasteiger partial charge in [0.2, 0.25) is 11.8 Å². The molecule has 0 aromatic carbocycles.